The van der Waals surface area contributed by atoms with Gasteiger partial charge < -0.3 is 19.1 Å². The van der Waals surface area contributed by atoms with Crippen LogP contribution in [0.15, 0.2) is 41.2 Å². The Bertz CT molecular complexity index is 1190. The second kappa shape index (κ2) is 7.71. The van der Waals surface area contributed by atoms with Crippen LogP contribution < -0.4 is 5.32 Å². The van der Waals surface area contributed by atoms with Crippen LogP contribution in [-0.2, 0) is 18.2 Å². The van der Waals surface area contributed by atoms with Gasteiger partial charge in [0.15, 0.2) is 17.3 Å². The van der Waals surface area contributed by atoms with Gasteiger partial charge in [0.05, 0.1) is 11.3 Å². The highest BCUT2D eigenvalue weighted by Crippen LogP contribution is 2.26. The molecule has 30 heavy (non-hydrogen) atoms. The normalized spacial score (nSPS) is 16.4. The van der Waals surface area contributed by atoms with Crippen LogP contribution in [-0.4, -0.2) is 48.4 Å². The number of pyridine rings is 1. The molecule has 0 spiro atoms. The van der Waals surface area contributed by atoms with E-state index in [1.54, 1.807) is 18.3 Å². The highest BCUT2D eigenvalue weighted by atomic mass is 16.5. The summed E-state index contributed by atoms with van der Waals surface area (Å²) in [6.45, 7) is 1.12. The molecule has 1 saturated heterocycles. The molecule has 5 heterocycles. The van der Waals surface area contributed by atoms with Crippen LogP contribution in [0.25, 0.3) is 17.2 Å². The third kappa shape index (κ3) is 3.45. The second-order valence-electron chi connectivity index (χ2n) is 7.23. The molecule has 0 aliphatic carbocycles. The molecule has 1 atom stereocenters. The Hall–Kier alpha value is -3.53. The number of nitrogens with zero attached hydrogens (tertiary/aromatic N) is 6. The monoisotopic (exact) mass is 407 g/mol. The molecule has 1 aliphatic heterocycles. The zero-order valence-electron chi connectivity index (χ0n) is 16.5. The summed E-state index contributed by atoms with van der Waals surface area (Å²) in [6, 6.07) is 7.41. The lowest BCUT2D eigenvalue weighted by atomic mass is 10.2. The summed E-state index contributed by atoms with van der Waals surface area (Å²) in [5.74, 6) is 1.56. The highest BCUT2D eigenvalue weighted by molar-refractivity contribution is 5.94. The van der Waals surface area contributed by atoms with Gasteiger partial charge in [0, 0.05) is 39.0 Å². The molecule has 0 bridgehead atoms. The zero-order chi connectivity index (χ0) is 20.5. The molecule has 1 fully saturated rings. The van der Waals surface area contributed by atoms with Crippen molar-refractivity contribution in [1.29, 1.82) is 0 Å². The first-order valence-corrected chi connectivity index (χ1v) is 9.88. The molecule has 10 nitrogen and oxygen atoms in total. The Labute approximate surface area is 171 Å². The van der Waals surface area contributed by atoms with E-state index < -0.39 is 0 Å². The second-order valence-corrected chi connectivity index (χ2v) is 7.23. The number of carbonyl (C=O) groups excluding carboxylic acids is 1. The number of hydrogen-bond acceptors (Lipinski definition) is 7. The first-order chi connectivity index (χ1) is 14.7. The molecule has 4 aromatic rings. The van der Waals surface area contributed by atoms with Crippen LogP contribution in [0.5, 0.6) is 0 Å². The van der Waals surface area contributed by atoms with Gasteiger partial charge in [-0.25, -0.2) is 0 Å². The van der Waals surface area contributed by atoms with E-state index in [4.69, 9.17) is 9.26 Å². The predicted molar refractivity (Wildman–Crippen MR) is 106 cm³/mol. The van der Waals surface area contributed by atoms with E-state index in [-0.39, 0.29) is 12.0 Å². The fraction of sp³-hybridized carbons (Fsp3) is 0.350. The maximum absolute atomic E-state index is 12.6. The van der Waals surface area contributed by atoms with Crippen LogP contribution in [0, 0.1) is 0 Å². The van der Waals surface area contributed by atoms with Gasteiger partial charge in [-0.05, 0) is 37.1 Å². The summed E-state index contributed by atoms with van der Waals surface area (Å²) in [6.07, 6.45) is 5.96. The molecule has 0 saturated carbocycles. The Morgan fingerprint density at radius 3 is 3.03 bits per heavy atom. The molecule has 1 aliphatic rings. The molecule has 1 unspecified atom stereocenters. The highest BCUT2D eigenvalue weighted by Gasteiger charge is 2.23. The Kier molecular flexibility index (Phi) is 4.75. The number of aryl methyl sites for hydroxylation is 1. The van der Waals surface area contributed by atoms with Gasteiger partial charge in [-0.1, -0.05) is 5.16 Å². The third-order valence-corrected chi connectivity index (χ3v) is 5.16. The number of rotatable bonds is 6. The Balaban J connectivity index is 1.25. The van der Waals surface area contributed by atoms with Crippen LogP contribution in [0.1, 0.15) is 41.0 Å². The van der Waals surface area contributed by atoms with Gasteiger partial charge in [-0.15, -0.1) is 10.2 Å². The molecule has 1 N–H and O–H groups in total. The van der Waals surface area contributed by atoms with E-state index >= 15 is 0 Å². The van der Waals surface area contributed by atoms with Crippen LogP contribution in [0.4, 0.5) is 0 Å². The summed E-state index contributed by atoms with van der Waals surface area (Å²) in [7, 11) is 1.94. The molecule has 0 radical (unpaired) electrons. The smallest absolute Gasteiger partial charge is 0.255 e. The molecule has 1 amide bonds. The van der Waals surface area contributed by atoms with E-state index in [0.717, 1.165) is 25.1 Å². The molecule has 4 aromatic heterocycles. The molecule has 154 valence electrons. The van der Waals surface area contributed by atoms with Gasteiger partial charge in [-0.2, -0.15) is 4.98 Å². The lowest BCUT2D eigenvalue weighted by Gasteiger charge is -2.06. The van der Waals surface area contributed by atoms with Crippen molar-refractivity contribution >= 4 is 11.6 Å². The van der Waals surface area contributed by atoms with Crippen molar-refractivity contribution < 1.29 is 14.1 Å². The SMILES string of the molecule is Cn1cccc1-c1nnc2ccc(C(=O)NCCc3noc(C4CCCO4)n3)cn12. The standard InChI is InChI=1S/C20H21N7O3/c1-26-10-2-4-14(26)18-24-23-17-7-6-13(12-27(17)18)19(28)21-9-8-16-22-20(30-25-16)15-5-3-11-29-15/h2,4,6-7,10,12,15H,3,5,8-9,11H2,1H3,(H,21,28). The number of carbonyl (C=O) groups is 1. The lowest BCUT2D eigenvalue weighted by Crippen LogP contribution is -2.26. The minimum atomic E-state index is -0.189. The van der Waals surface area contributed by atoms with Gasteiger partial charge in [0.2, 0.25) is 0 Å². The van der Waals surface area contributed by atoms with Crippen LogP contribution >= 0.6 is 0 Å². The summed E-state index contributed by atoms with van der Waals surface area (Å²) in [5, 5.41) is 15.3. The average molecular weight is 407 g/mol. The van der Waals surface area contributed by atoms with Gasteiger partial charge in [0.1, 0.15) is 6.10 Å². The topological polar surface area (TPSA) is 112 Å². The predicted octanol–water partition coefficient (Wildman–Crippen LogP) is 1.94. The van der Waals surface area contributed by atoms with Gasteiger partial charge in [-0.3, -0.25) is 9.20 Å². The van der Waals surface area contributed by atoms with Crippen molar-refractivity contribution in [1.82, 2.24) is 34.6 Å². The van der Waals surface area contributed by atoms with Crippen molar-refractivity contribution in [2.45, 2.75) is 25.4 Å². The minimum Gasteiger partial charge on any atom is -0.368 e. The van der Waals surface area contributed by atoms with E-state index in [9.17, 15) is 4.79 Å². The van der Waals surface area contributed by atoms with E-state index in [1.807, 2.05) is 34.3 Å². The number of amides is 1. The molecule has 5 rings (SSSR count). The van der Waals surface area contributed by atoms with Crippen LogP contribution in [0.3, 0.4) is 0 Å². The number of ether oxygens (including phenoxy) is 1. The molecule has 10 heteroatoms. The number of hydrogen-bond donors (Lipinski definition) is 1. The van der Waals surface area contributed by atoms with E-state index in [0.29, 0.717) is 41.7 Å². The number of fused-ring (bicyclic) bond motifs is 1. The van der Waals surface area contributed by atoms with Crippen molar-refractivity contribution in [3.8, 4) is 11.5 Å². The maximum atomic E-state index is 12.6. The number of aromatic nitrogens is 6. The minimum absolute atomic E-state index is 0.102. The molecular formula is C20H21N7O3. The summed E-state index contributed by atoms with van der Waals surface area (Å²) < 4.78 is 14.6. The van der Waals surface area contributed by atoms with Crippen molar-refractivity contribution in [2.24, 2.45) is 7.05 Å². The summed E-state index contributed by atoms with van der Waals surface area (Å²) in [4.78, 5) is 17.0. The first-order valence-electron chi connectivity index (χ1n) is 9.88. The quantitative estimate of drug-likeness (QED) is 0.520. The van der Waals surface area contributed by atoms with Crippen LogP contribution in [0.2, 0.25) is 0 Å². The van der Waals surface area contributed by atoms with Gasteiger partial charge >= 0.3 is 0 Å². The fourth-order valence-electron chi connectivity index (χ4n) is 3.56. The lowest BCUT2D eigenvalue weighted by molar-refractivity contribution is 0.0835. The van der Waals surface area contributed by atoms with Crippen molar-refractivity contribution in [3.05, 3.63) is 53.9 Å². The van der Waals surface area contributed by atoms with E-state index in [1.165, 1.54) is 0 Å². The molecule has 0 aromatic carbocycles. The third-order valence-electron chi connectivity index (χ3n) is 5.16. The Morgan fingerprint density at radius 1 is 1.30 bits per heavy atom. The van der Waals surface area contributed by atoms with E-state index in [2.05, 4.69) is 25.7 Å². The van der Waals surface area contributed by atoms with Gasteiger partial charge in [0.25, 0.3) is 11.8 Å². The summed E-state index contributed by atoms with van der Waals surface area (Å²) in [5.41, 5.74) is 2.11. The maximum Gasteiger partial charge on any atom is 0.255 e. The summed E-state index contributed by atoms with van der Waals surface area (Å²) >= 11 is 0. The largest absolute Gasteiger partial charge is 0.368 e. The Morgan fingerprint density at radius 2 is 2.23 bits per heavy atom. The fourth-order valence-corrected chi connectivity index (χ4v) is 3.56. The first kappa shape index (κ1) is 18.5. The average Bonchev–Trinajstić information content (AvgIpc) is 3.54. The zero-order valence-corrected chi connectivity index (χ0v) is 16.5. The van der Waals surface area contributed by atoms with Crippen molar-refractivity contribution in [2.75, 3.05) is 13.2 Å². The number of nitrogens with one attached hydrogen (secondary N) is 1. The molecular weight excluding hydrogens is 386 g/mol. The van der Waals surface area contributed by atoms with Crippen molar-refractivity contribution in [3.63, 3.8) is 0 Å².